The van der Waals surface area contributed by atoms with E-state index in [1.54, 1.807) is 6.08 Å². The molecule has 0 aromatic heterocycles. The summed E-state index contributed by atoms with van der Waals surface area (Å²) in [5.74, 6) is -1.01. The number of carbonyl (C=O) groups excluding carboxylic acids is 3. The maximum Gasteiger partial charge on any atom is 0.344 e. The first-order valence-electron chi connectivity index (χ1n) is 8.17. The number of fused-ring (bicyclic) bond motifs is 4. The highest BCUT2D eigenvalue weighted by atomic mass is 16.6. The molecule has 3 atom stereocenters. The smallest absolute Gasteiger partial charge is 0.344 e. The number of carbonyl (C=O) groups is 3. The summed E-state index contributed by atoms with van der Waals surface area (Å²) in [6.45, 7) is -0.336. The fourth-order valence-electron chi connectivity index (χ4n) is 4.67. The van der Waals surface area contributed by atoms with Crippen molar-refractivity contribution in [2.45, 2.75) is 44.1 Å². The molecule has 118 valence electrons. The van der Waals surface area contributed by atoms with Crippen LogP contribution in [-0.4, -0.2) is 29.9 Å². The van der Waals surface area contributed by atoms with Gasteiger partial charge in [0.25, 0.3) is 0 Å². The van der Waals surface area contributed by atoms with Gasteiger partial charge >= 0.3 is 11.9 Å². The third-order valence-electron chi connectivity index (χ3n) is 5.83. The quantitative estimate of drug-likeness (QED) is 0.585. The maximum atomic E-state index is 12.1. The van der Waals surface area contributed by atoms with E-state index in [2.05, 4.69) is 0 Å². The van der Waals surface area contributed by atoms with Gasteiger partial charge in [0.15, 0.2) is 6.61 Å². The van der Waals surface area contributed by atoms with Gasteiger partial charge in [0.1, 0.15) is 11.4 Å². The van der Waals surface area contributed by atoms with E-state index < -0.39 is 17.9 Å². The zero-order valence-electron chi connectivity index (χ0n) is 12.5. The molecule has 3 saturated carbocycles. The molecule has 5 heteroatoms. The van der Waals surface area contributed by atoms with Gasteiger partial charge in [0, 0.05) is 11.8 Å². The molecule has 0 amide bonds. The Hall–Kier alpha value is -1.65. The van der Waals surface area contributed by atoms with Crippen molar-refractivity contribution in [2.75, 3.05) is 6.61 Å². The van der Waals surface area contributed by atoms with Crippen LogP contribution >= 0.6 is 0 Å². The van der Waals surface area contributed by atoms with Crippen molar-refractivity contribution in [1.29, 1.82) is 0 Å². The van der Waals surface area contributed by atoms with Gasteiger partial charge in [-0.05, 0) is 44.4 Å². The fourth-order valence-corrected chi connectivity index (χ4v) is 4.67. The number of rotatable bonds is 4. The van der Waals surface area contributed by atoms with Crippen LogP contribution in [0.3, 0.4) is 0 Å². The van der Waals surface area contributed by atoms with Crippen LogP contribution in [0.15, 0.2) is 12.2 Å². The predicted molar refractivity (Wildman–Crippen MR) is 75.6 cm³/mol. The first-order chi connectivity index (χ1) is 10.6. The zero-order valence-corrected chi connectivity index (χ0v) is 12.5. The van der Waals surface area contributed by atoms with Gasteiger partial charge in [-0.15, -0.1) is 0 Å². The molecule has 0 aliphatic heterocycles. The van der Waals surface area contributed by atoms with Gasteiger partial charge in [-0.1, -0.05) is 12.2 Å². The third kappa shape index (κ3) is 2.18. The van der Waals surface area contributed by atoms with Crippen LogP contribution in [0.2, 0.25) is 0 Å². The van der Waals surface area contributed by atoms with E-state index in [9.17, 15) is 14.4 Å². The van der Waals surface area contributed by atoms with Crippen LogP contribution in [0.25, 0.3) is 0 Å². The number of Topliss-reactive ketones (excluding diaryl/α,β-unsaturated/α-hetero) is 1. The summed E-state index contributed by atoms with van der Waals surface area (Å²) in [4.78, 5) is 35.8. The Morgan fingerprint density at radius 1 is 1.23 bits per heavy atom. The molecular formula is C17H20O5. The number of ether oxygens (including phenoxy) is 2. The molecule has 0 radical (unpaired) electrons. The lowest BCUT2D eigenvalue weighted by Gasteiger charge is -2.26. The minimum atomic E-state index is -0.457. The molecule has 3 fully saturated rings. The van der Waals surface area contributed by atoms with Crippen LogP contribution in [0.5, 0.6) is 0 Å². The molecule has 0 spiro atoms. The summed E-state index contributed by atoms with van der Waals surface area (Å²) in [6, 6.07) is 0. The Morgan fingerprint density at radius 2 is 2.00 bits per heavy atom. The normalized spacial score (nSPS) is 41.2. The summed E-state index contributed by atoms with van der Waals surface area (Å²) < 4.78 is 10.7. The highest BCUT2D eigenvalue weighted by molar-refractivity contribution is 5.97. The zero-order chi connectivity index (χ0) is 15.3. The largest absolute Gasteiger partial charge is 0.457 e. The summed E-state index contributed by atoms with van der Waals surface area (Å²) in [7, 11) is 0. The molecule has 0 heterocycles. The van der Waals surface area contributed by atoms with Crippen molar-refractivity contribution in [3.8, 4) is 0 Å². The van der Waals surface area contributed by atoms with Crippen molar-refractivity contribution >= 4 is 17.7 Å². The molecule has 3 unspecified atom stereocenters. The Kier molecular flexibility index (Phi) is 3.13. The predicted octanol–water partition coefficient (Wildman–Crippen LogP) is 1.80. The van der Waals surface area contributed by atoms with E-state index in [1.165, 1.54) is 0 Å². The molecule has 4 bridgehead atoms. The van der Waals surface area contributed by atoms with Crippen LogP contribution in [0, 0.1) is 23.7 Å². The summed E-state index contributed by atoms with van der Waals surface area (Å²) in [6.07, 6.45) is 9.25. The van der Waals surface area contributed by atoms with Crippen LogP contribution < -0.4 is 0 Å². The molecule has 4 rings (SSSR count). The van der Waals surface area contributed by atoms with Crippen LogP contribution in [0.1, 0.15) is 38.5 Å². The third-order valence-corrected chi connectivity index (χ3v) is 5.83. The molecule has 0 N–H and O–H groups in total. The number of hydrogen-bond acceptors (Lipinski definition) is 5. The second-order valence-electron chi connectivity index (χ2n) is 7.17. The minimum Gasteiger partial charge on any atom is -0.457 e. The second-order valence-corrected chi connectivity index (χ2v) is 7.17. The lowest BCUT2D eigenvalue weighted by molar-refractivity contribution is -0.171. The second kappa shape index (κ2) is 4.93. The van der Waals surface area contributed by atoms with E-state index in [0.717, 1.165) is 32.1 Å². The highest BCUT2D eigenvalue weighted by Crippen LogP contribution is 2.50. The number of ketones is 1. The van der Waals surface area contributed by atoms with Crippen molar-refractivity contribution in [2.24, 2.45) is 23.7 Å². The Balaban J connectivity index is 1.28. The highest BCUT2D eigenvalue weighted by Gasteiger charge is 2.49. The van der Waals surface area contributed by atoms with Gasteiger partial charge in [-0.2, -0.15) is 0 Å². The van der Waals surface area contributed by atoms with Crippen molar-refractivity contribution in [1.82, 2.24) is 0 Å². The Labute approximate surface area is 129 Å². The van der Waals surface area contributed by atoms with E-state index in [0.29, 0.717) is 12.3 Å². The van der Waals surface area contributed by atoms with Gasteiger partial charge < -0.3 is 9.47 Å². The average molecular weight is 304 g/mol. The average Bonchev–Trinajstić information content (AvgIpc) is 3.25. The number of allylic oxidation sites excluding steroid dienone is 2. The lowest BCUT2D eigenvalue weighted by Crippen LogP contribution is -2.33. The first kappa shape index (κ1) is 14.0. The molecule has 0 aromatic rings. The molecule has 0 aromatic carbocycles. The van der Waals surface area contributed by atoms with Gasteiger partial charge in [-0.25, -0.2) is 4.79 Å². The molecule has 4 aliphatic carbocycles. The molecule has 4 aliphatic rings. The summed E-state index contributed by atoms with van der Waals surface area (Å²) >= 11 is 0. The fraction of sp³-hybridized carbons (Fsp3) is 0.706. The standard InChI is InChI=1S/C17H20O5/c18-14(22-17-5-3-10(8-17)4-6-17)9-21-16(20)13-7-11-1-2-12(13)15(11)19/h1-2,10-13H,3-9H2. The molecule has 5 nitrogen and oxygen atoms in total. The summed E-state index contributed by atoms with van der Waals surface area (Å²) in [5, 5.41) is 0. The van der Waals surface area contributed by atoms with E-state index >= 15 is 0 Å². The van der Waals surface area contributed by atoms with Crippen LogP contribution in [-0.2, 0) is 23.9 Å². The number of esters is 2. The Morgan fingerprint density at radius 3 is 2.55 bits per heavy atom. The molecule has 22 heavy (non-hydrogen) atoms. The maximum absolute atomic E-state index is 12.1. The van der Waals surface area contributed by atoms with Gasteiger partial charge in [-0.3, -0.25) is 9.59 Å². The monoisotopic (exact) mass is 304 g/mol. The summed E-state index contributed by atoms with van der Waals surface area (Å²) in [5.41, 5.74) is -0.292. The van der Waals surface area contributed by atoms with E-state index in [4.69, 9.17) is 9.47 Å². The van der Waals surface area contributed by atoms with Crippen molar-refractivity contribution in [3.05, 3.63) is 12.2 Å². The molecular weight excluding hydrogens is 284 g/mol. The van der Waals surface area contributed by atoms with Gasteiger partial charge in [0.05, 0.1) is 5.92 Å². The van der Waals surface area contributed by atoms with Crippen LogP contribution in [0.4, 0.5) is 0 Å². The minimum absolute atomic E-state index is 0.103. The lowest BCUT2D eigenvalue weighted by atomic mass is 9.94. The molecule has 0 saturated heterocycles. The van der Waals surface area contributed by atoms with E-state index in [-0.39, 0.29) is 29.8 Å². The van der Waals surface area contributed by atoms with Gasteiger partial charge in [0.2, 0.25) is 0 Å². The van der Waals surface area contributed by atoms with E-state index in [1.807, 2.05) is 6.08 Å². The SMILES string of the molecule is O=C(COC(=O)C1CC2C=CC1C2=O)OC12CCC(CC1)C2. The number of hydrogen-bond donors (Lipinski definition) is 0. The Bertz CT molecular complexity index is 555. The topological polar surface area (TPSA) is 69.7 Å². The van der Waals surface area contributed by atoms with Crippen molar-refractivity contribution < 1.29 is 23.9 Å². The first-order valence-corrected chi connectivity index (χ1v) is 8.17. The van der Waals surface area contributed by atoms with Crippen molar-refractivity contribution in [3.63, 3.8) is 0 Å².